The van der Waals surface area contributed by atoms with Crippen molar-refractivity contribution in [3.8, 4) is 34.1 Å². The number of amides is 1. The molecule has 2 N–H and O–H groups in total. The third-order valence-corrected chi connectivity index (χ3v) is 6.92. The molecule has 0 bridgehead atoms. The van der Waals surface area contributed by atoms with Crippen molar-refractivity contribution in [2.24, 2.45) is 0 Å². The van der Waals surface area contributed by atoms with Crippen LogP contribution in [0.3, 0.4) is 0 Å². The third kappa shape index (κ3) is 7.72. The van der Waals surface area contributed by atoms with Crippen molar-refractivity contribution < 1.29 is 43.5 Å². The number of carboxylic acid groups (broad SMARTS) is 2. The summed E-state index contributed by atoms with van der Waals surface area (Å²) in [4.78, 5) is 37.3. The van der Waals surface area contributed by atoms with Gasteiger partial charge in [-0.15, -0.1) is 0 Å². The minimum Gasteiger partial charge on any atom is -0.493 e. The zero-order valence-electron chi connectivity index (χ0n) is 23.8. The largest absolute Gasteiger partial charge is 0.493 e. The lowest BCUT2D eigenvalue weighted by Gasteiger charge is -2.20. The van der Waals surface area contributed by atoms with E-state index >= 15 is 0 Å². The summed E-state index contributed by atoms with van der Waals surface area (Å²) in [5.74, 6) is 0.272. The Bertz CT molecular complexity index is 1430. The van der Waals surface area contributed by atoms with Crippen molar-refractivity contribution in [1.29, 1.82) is 0 Å². The molecule has 0 saturated heterocycles. The minimum atomic E-state index is -0.946. The van der Waals surface area contributed by atoms with Crippen LogP contribution in [-0.2, 0) is 22.6 Å². The number of nitrogens with zero attached hydrogens (tertiary/aromatic N) is 1. The molecule has 0 radical (unpaired) electrons. The van der Waals surface area contributed by atoms with Gasteiger partial charge in [-0.25, -0.2) is 0 Å². The predicted octanol–water partition coefficient (Wildman–Crippen LogP) is 5.40. The van der Waals surface area contributed by atoms with Crippen LogP contribution in [0.4, 0.5) is 0 Å². The molecule has 1 amide bonds. The van der Waals surface area contributed by atoms with Crippen LogP contribution >= 0.6 is 0 Å². The average molecular weight is 578 g/mol. The molecule has 0 aromatic heterocycles. The van der Waals surface area contributed by atoms with E-state index in [9.17, 15) is 19.5 Å². The smallest absolute Gasteiger partial charge is 0.303 e. The summed E-state index contributed by atoms with van der Waals surface area (Å²) < 4.78 is 23.1. The van der Waals surface area contributed by atoms with E-state index in [2.05, 4.69) is 0 Å². The van der Waals surface area contributed by atoms with Gasteiger partial charge in [0, 0.05) is 37.1 Å². The van der Waals surface area contributed by atoms with Crippen LogP contribution in [-0.4, -0.2) is 59.4 Å². The summed E-state index contributed by atoms with van der Waals surface area (Å²) in [6, 6.07) is 16.3. The highest BCUT2D eigenvalue weighted by atomic mass is 16.7. The fraction of sp³-hybridized carbons (Fsp3) is 0.344. The fourth-order valence-electron chi connectivity index (χ4n) is 4.71. The van der Waals surface area contributed by atoms with Crippen LogP contribution < -0.4 is 18.9 Å². The molecule has 1 aliphatic heterocycles. The highest BCUT2D eigenvalue weighted by Gasteiger charge is 2.19. The van der Waals surface area contributed by atoms with Gasteiger partial charge in [-0.05, 0) is 79.8 Å². The van der Waals surface area contributed by atoms with Crippen molar-refractivity contribution >= 4 is 17.8 Å². The molecule has 222 valence electrons. The van der Waals surface area contributed by atoms with Gasteiger partial charge in [0.1, 0.15) is 18.1 Å². The summed E-state index contributed by atoms with van der Waals surface area (Å²) in [5.41, 5.74) is 3.49. The van der Waals surface area contributed by atoms with E-state index in [1.54, 1.807) is 23.1 Å². The zero-order valence-corrected chi connectivity index (χ0v) is 23.8. The van der Waals surface area contributed by atoms with Crippen molar-refractivity contribution in [3.05, 3.63) is 71.3 Å². The van der Waals surface area contributed by atoms with Gasteiger partial charge in [-0.3, -0.25) is 14.4 Å². The van der Waals surface area contributed by atoms with Crippen LogP contribution in [0.5, 0.6) is 23.0 Å². The Kier molecular flexibility index (Phi) is 10.3. The van der Waals surface area contributed by atoms with Crippen molar-refractivity contribution in [1.82, 2.24) is 4.90 Å². The van der Waals surface area contributed by atoms with Gasteiger partial charge in [0.2, 0.25) is 6.79 Å². The first-order valence-corrected chi connectivity index (χ1v) is 13.9. The quantitative estimate of drug-likeness (QED) is 0.228. The van der Waals surface area contributed by atoms with E-state index < -0.39 is 11.9 Å². The van der Waals surface area contributed by atoms with Crippen LogP contribution in [0, 0.1) is 0 Å². The second-order valence-corrected chi connectivity index (χ2v) is 9.71. The first-order chi connectivity index (χ1) is 20.3. The number of hydrogen-bond acceptors (Lipinski definition) is 7. The summed E-state index contributed by atoms with van der Waals surface area (Å²) >= 11 is 0. The number of ether oxygens (including phenoxy) is 4. The highest BCUT2D eigenvalue weighted by Crippen LogP contribution is 2.37. The van der Waals surface area contributed by atoms with Gasteiger partial charge in [0.25, 0.3) is 5.91 Å². The molecule has 10 nitrogen and oxygen atoms in total. The topological polar surface area (TPSA) is 132 Å². The van der Waals surface area contributed by atoms with Crippen molar-refractivity contribution in [2.45, 2.75) is 46.1 Å². The lowest BCUT2D eigenvalue weighted by molar-refractivity contribution is -0.138. The van der Waals surface area contributed by atoms with E-state index in [4.69, 9.17) is 24.1 Å². The third-order valence-electron chi connectivity index (χ3n) is 6.92. The van der Waals surface area contributed by atoms with E-state index in [1.807, 2.05) is 50.2 Å². The van der Waals surface area contributed by atoms with Crippen LogP contribution in [0.2, 0.25) is 0 Å². The van der Waals surface area contributed by atoms with Crippen LogP contribution in [0.1, 0.15) is 54.6 Å². The van der Waals surface area contributed by atoms with Crippen LogP contribution in [0.25, 0.3) is 11.1 Å². The Morgan fingerprint density at radius 1 is 0.857 bits per heavy atom. The molecule has 1 aliphatic rings. The van der Waals surface area contributed by atoms with E-state index in [-0.39, 0.29) is 45.2 Å². The lowest BCUT2D eigenvalue weighted by atomic mass is 10.0. The standard InChI is InChI=1S/C32H35NO9/c1-3-33(4-2)32(38)24-15-23(21-10-12-28-29(18-21)42-20-41-28)16-25(17-24)40-19-22-7-5-8-27(26(22)11-13-31(36)37)39-14-6-9-30(34)35/h5,7-8,10,12,15-18H,3-4,6,9,11,13-14,19-20H2,1-2H3,(H,34,35)(H,36,37). The van der Waals surface area contributed by atoms with Gasteiger partial charge in [0.05, 0.1) is 6.61 Å². The lowest BCUT2D eigenvalue weighted by Crippen LogP contribution is -2.30. The molecule has 0 spiro atoms. The Balaban J connectivity index is 1.63. The first kappa shape index (κ1) is 30.2. The molecular weight excluding hydrogens is 542 g/mol. The van der Waals surface area contributed by atoms with Gasteiger partial charge in [-0.1, -0.05) is 18.2 Å². The minimum absolute atomic E-state index is 0.0263. The second kappa shape index (κ2) is 14.2. The Labute approximate surface area is 244 Å². The number of aliphatic carboxylic acids is 2. The number of carbonyl (C=O) groups excluding carboxylic acids is 1. The maximum Gasteiger partial charge on any atom is 0.303 e. The van der Waals surface area contributed by atoms with Crippen molar-refractivity contribution in [2.75, 3.05) is 26.5 Å². The Morgan fingerprint density at radius 2 is 1.62 bits per heavy atom. The second-order valence-electron chi connectivity index (χ2n) is 9.71. The zero-order chi connectivity index (χ0) is 30.1. The normalized spacial score (nSPS) is 11.7. The molecular formula is C32H35NO9. The SMILES string of the molecule is CCN(CC)C(=O)c1cc(OCc2cccc(OCCCC(=O)O)c2CCC(=O)O)cc(-c2ccc3c(c2)OCO3)c1. The molecule has 42 heavy (non-hydrogen) atoms. The summed E-state index contributed by atoms with van der Waals surface area (Å²) in [6.07, 6.45) is 0.405. The average Bonchev–Trinajstić information content (AvgIpc) is 3.46. The van der Waals surface area contributed by atoms with E-state index in [0.717, 1.165) is 16.7 Å². The molecule has 1 heterocycles. The number of carbonyl (C=O) groups is 3. The summed E-state index contributed by atoms with van der Waals surface area (Å²) in [6.45, 7) is 5.42. The fourth-order valence-corrected chi connectivity index (χ4v) is 4.71. The van der Waals surface area contributed by atoms with Crippen LogP contribution in [0.15, 0.2) is 54.6 Å². The molecule has 0 unspecified atom stereocenters. The molecule has 4 rings (SSSR count). The maximum atomic E-state index is 13.3. The van der Waals surface area contributed by atoms with Gasteiger partial charge in [0.15, 0.2) is 11.5 Å². The Hall–Kier alpha value is -4.73. The first-order valence-electron chi connectivity index (χ1n) is 13.9. The molecule has 10 heteroatoms. The molecule has 3 aromatic rings. The summed E-state index contributed by atoms with van der Waals surface area (Å²) in [7, 11) is 0. The molecule has 0 fully saturated rings. The summed E-state index contributed by atoms with van der Waals surface area (Å²) in [5, 5.41) is 18.2. The monoisotopic (exact) mass is 577 g/mol. The van der Waals surface area contributed by atoms with E-state index in [1.165, 1.54) is 0 Å². The number of fused-ring (bicyclic) bond motifs is 1. The molecule has 0 aliphatic carbocycles. The molecule has 0 atom stereocenters. The molecule has 0 saturated carbocycles. The maximum absolute atomic E-state index is 13.3. The molecule has 3 aromatic carbocycles. The van der Waals surface area contributed by atoms with Gasteiger partial charge < -0.3 is 34.1 Å². The van der Waals surface area contributed by atoms with Gasteiger partial charge >= 0.3 is 11.9 Å². The number of benzene rings is 3. The number of carboxylic acids is 2. The van der Waals surface area contributed by atoms with Crippen molar-refractivity contribution in [3.63, 3.8) is 0 Å². The van der Waals surface area contributed by atoms with Gasteiger partial charge in [-0.2, -0.15) is 0 Å². The number of rotatable bonds is 15. The highest BCUT2D eigenvalue weighted by molar-refractivity contribution is 5.96. The predicted molar refractivity (Wildman–Crippen MR) is 154 cm³/mol. The number of hydrogen-bond donors (Lipinski definition) is 2. The van der Waals surface area contributed by atoms with E-state index in [0.29, 0.717) is 53.6 Å². The Morgan fingerprint density at radius 3 is 2.36 bits per heavy atom.